The Hall–Kier alpha value is -1.95. The molecular weight excluding hydrogens is 258 g/mol. The van der Waals surface area contributed by atoms with E-state index in [2.05, 4.69) is 4.98 Å². The molecule has 1 N–H and O–H groups in total. The van der Waals surface area contributed by atoms with Crippen LogP contribution in [0.2, 0.25) is 0 Å². The topological polar surface area (TPSA) is 73.7 Å². The van der Waals surface area contributed by atoms with Crippen molar-refractivity contribution in [3.63, 3.8) is 0 Å². The van der Waals surface area contributed by atoms with Gasteiger partial charge in [-0.25, -0.2) is 0 Å². The van der Waals surface area contributed by atoms with E-state index in [4.69, 9.17) is 5.11 Å². The van der Waals surface area contributed by atoms with E-state index in [1.807, 2.05) is 31.1 Å². The third-order valence-corrected chi connectivity index (χ3v) is 2.82. The number of carbonyl (C=O) groups excluding carboxylic acids is 1. The molecule has 0 unspecified atom stereocenters. The molecule has 0 aliphatic rings. The van der Waals surface area contributed by atoms with Gasteiger partial charge in [-0.15, -0.1) is 0 Å². The van der Waals surface area contributed by atoms with E-state index in [1.54, 1.807) is 17.3 Å². The van der Waals surface area contributed by atoms with Crippen molar-refractivity contribution in [2.24, 2.45) is 0 Å². The lowest BCUT2D eigenvalue weighted by Gasteiger charge is -2.24. The summed E-state index contributed by atoms with van der Waals surface area (Å²) in [4.78, 5) is 30.3. The molecule has 1 aromatic heterocycles. The highest BCUT2D eigenvalue weighted by atomic mass is 16.4. The van der Waals surface area contributed by atoms with Crippen molar-refractivity contribution in [1.29, 1.82) is 0 Å². The predicted molar refractivity (Wildman–Crippen MR) is 75.1 cm³/mol. The quantitative estimate of drug-likeness (QED) is 0.763. The molecule has 0 aliphatic heterocycles. The number of carbonyl (C=O) groups is 2. The fourth-order valence-corrected chi connectivity index (χ4v) is 1.70. The predicted octanol–water partition coefficient (Wildman–Crippen LogP) is 0.837. The zero-order valence-corrected chi connectivity index (χ0v) is 12.0. The number of aliphatic carboxylic acids is 1. The Morgan fingerprint density at radius 1 is 1.25 bits per heavy atom. The van der Waals surface area contributed by atoms with Crippen molar-refractivity contribution in [3.8, 4) is 0 Å². The van der Waals surface area contributed by atoms with Gasteiger partial charge in [0.15, 0.2) is 0 Å². The lowest BCUT2D eigenvalue weighted by Crippen LogP contribution is -2.36. The summed E-state index contributed by atoms with van der Waals surface area (Å²) in [6.45, 7) is 1.76. The van der Waals surface area contributed by atoms with Crippen LogP contribution >= 0.6 is 0 Å². The van der Waals surface area contributed by atoms with E-state index in [0.717, 1.165) is 12.1 Å². The first-order valence-corrected chi connectivity index (χ1v) is 6.52. The number of carboxylic acid groups (broad SMARTS) is 1. The van der Waals surface area contributed by atoms with Crippen molar-refractivity contribution >= 4 is 11.9 Å². The molecule has 0 aromatic carbocycles. The number of hydrogen-bond acceptors (Lipinski definition) is 4. The molecule has 6 nitrogen and oxygen atoms in total. The Morgan fingerprint density at radius 2 is 2.00 bits per heavy atom. The second-order valence-electron chi connectivity index (χ2n) is 4.87. The van der Waals surface area contributed by atoms with Gasteiger partial charge in [-0.1, -0.05) is 6.07 Å². The SMILES string of the molecule is CN(C)CCN(Cc1cccnc1)C(=O)CCC(=O)O. The number of aromatic nitrogens is 1. The van der Waals surface area contributed by atoms with Gasteiger partial charge < -0.3 is 14.9 Å². The van der Waals surface area contributed by atoms with Gasteiger partial charge in [-0.05, 0) is 25.7 Å². The summed E-state index contributed by atoms with van der Waals surface area (Å²) < 4.78 is 0. The first-order valence-electron chi connectivity index (χ1n) is 6.52. The van der Waals surface area contributed by atoms with Crippen LogP contribution in [0.3, 0.4) is 0 Å². The summed E-state index contributed by atoms with van der Waals surface area (Å²) >= 11 is 0. The summed E-state index contributed by atoms with van der Waals surface area (Å²) in [6, 6.07) is 3.72. The number of hydrogen-bond donors (Lipinski definition) is 1. The van der Waals surface area contributed by atoms with E-state index < -0.39 is 5.97 Å². The van der Waals surface area contributed by atoms with Gasteiger partial charge in [-0.3, -0.25) is 14.6 Å². The highest BCUT2D eigenvalue weighted by Crippen LogP contribution is 2.06. The number of amides is 1. The molecule has 0 saturated carbocycles. The molecule has 1 amide bonds. The lowest BCUT2D eigenvalue weighted by atomic mass is 10.2. The van der Waals surface area contributed by atoms with Gasteiger partial charge in [0.1, 0.15) is 0 Å². The Labute approximate surface area is 119 Å². The van der Waals surface area contributed by atoms with Crippen LogP contribution in [0.25, 0.3) is 0 Å². The van der Waals surface area contributed by atoms with E-state index in [-0.39, 0.29) is 18.7 Å². The van der Waals surface area contributed by atoms with Crippen LogP contribution in [0, 0.1) is 0 Å². The molecule has 20 heavy (non-hydrogen) atoms. The normalized spacial score (nSPS) is 10.6. The average Bonchev–Trinajstić information content (AvgIpc) is 2.41. The number of carboxylic acids is 1. The summed E-state index contributed by atoms with van der Waals surface area (Å²) in [5.74, 6) is -1.09. The molecule has 0 radical (unpaired) electrons. The van der Waals surface area contributed by atoms with Crippen LogP contribution in [-0.4, -0.2) is 59.0 Å². The standard InChI is InChI=1S/C14H21N3O3/c1-16(2)8-9-17(13(18)5-6-14(19)20)11-12-4-3-7-15-10-12/h3-4,7,10H,5-6,8-9,11H2,1-2H3,(H,19,20). The number of nitrogens with zero attached hydrogens (tertiary/aromatic N) is 3. The summed E-state index contributed by atoms with van der Waals surface area (Å²) in [5, 5.41) is 8.66. The summed E-state index contributed by atoms with van der Waals surface area (Å²) in [6.07, 6.45) is 3.29. The molecule has 1 aromatic rings. The molecule has 0 bridgehead atoms. The Morgan fingerprint density at radius 3 is 2.55 bits per heavy atom. The minimum atomic E-state index is -0.952. The third-order valence-electron chi connectivity index (χ3n) is 2.82. The monoisotopic (exact) mass is 279 g/mol. The molecule has 6 heteroatoms. The Kier molecular flexibility index (Phi) is 6.66. The summed E-state index contributed by atoms with van der Waals surface area (Å²) in [7, 11) is 3.87. The van der Waals surface area contributed by atoms with Gasteiger partial charge in [-0.2, -0.15) is 0 Å². The van der Waals surface area contributed by atoms with Crippen molar-refractivity contribution in [1.82, 2.24) is 14.8 Å². The van der Waals surface area contributed by atoms with E-state index in [1.165, 1.54) is 0 Å². The summed E-state index contributed by atoms with van der Waals surface area (Å²) in [5.41, 5.74) is 0.940. The molecule has 1 heterocycles. The first-order chi connectivity index (χ1) is 9.49. The Balaban J connectivity index is 2.63. The molecule has 0 atom stereocenters. The zero-order valence-electron chi connectivity index (χ0n) is 12.0. The van der Waals surface area contributed by atoms with Crippen molar-refractivity contribution in [3.05, 3.63) is 30.1 Å². The highest BCUT2D eigenvalue weighted by molar-refractivity contribution is 5.80. The van der Waals surface area contributed by atoms with E-state index >= 15 is 0 Å². The number of rotatable bonds is 8. The van der Waals surface area contributed by atoms with Crippen LogP contribution in [0.1, 0.15) is 18.4 Å². The molecular formula is C14H21N3O3. The van der Waals surface area contributed by atoms with Gasteiger partial charge in [0.2, 0.25) is 5.91 Å². The van der Waals surface area contributed by atoms with Gasteiger partial charge >= 0.3 is 5.97 Å². The van der Waals surface area contributed by atoms with E-state index in [9.17, 15) is 9.59 Å². The lowest BCUT2D eigenvalue weighted by molar-refractivity contribution is -0.141. The minimum absolute atomic E-state index is 0.0308. The molecule has 1 rings (SSSR count). The highest BCUT2D eigenvalue weighted by Gasteiger charge is 2.15. The minimum Gasteiger partial charge on any atom is -0.481 e. The van der Waals surface area contributed by atoms with Gasteiger partial charge in [0.25, 0.3) is 0 Å². The molecule has 0 spiro atoms. The van der Waals surface area contributed by atoms with E-state index in [0.29, 0.717) is 13.1 Å². The smallest absolute Gasteiger partial charge is 0.303 e. The zero-order chi connectivity index (χ0) is 15.0. The maximum atomic E-state index is 12.1. The van der Waals surface area contributed by atoms with Crippen LogP contribution in [0.15, 0.2) is 24.5 Å². The largest absolute Gasteiger partial charge is 0.481 e. The van der Waals surface area contributed by atoms with Crippen LogP contribution < -0.4 is 0 Å². The Bertz CT molecular complexity index is 435. The van der Waals surface area contributed by atoms with Gasteiger partial charge in [0, 0.05) is 38.4 Å². The maximum Gasteiger partial charge on any atom is 0.303 e. The molecule has 0 fully saturated rings. The maximum absolute atomic E-state index is 12.1. The average molecular weight is 279 g/mol. The van der Waals surface area contributed by atoms with Crippen molar-refractivity contribution in [2.75, 3.05) is 27.2 Å². The molecule has 110 valence electrons. The first kappa shape index (κ1) is 16.1. The van der Waals surface area contributed by atoms with Crippen LogP contribution in [0.5, 0.6) is 0 Å². The number of pyridine rings is 1. The van der Waals surface area contributed by atoms with Crippen molar-refractivity contribution < 1.29 is 14.7 Å². The fraction of sp³-hybridized carbons (Fsp3) is 0.500. The van der Waals surface area contributed by atoms with Crippen LogP contribution in [0.4, 0.5) is 0 Å². The second-order valence-corrected chi connectivity index (χ2v) is 4.87. The second kappa shape index (κ2) is 8.27. The number of likely N-dealkylation sites (N-methyl/N-ethyl adjacent to an activating group) is 1. The van der Waals surface area contributed by atoms with Crippen molar-refractivity contribution in [2.45, 2.75) is 19.4 Å². The van der Waals surface area contributed by atoms with Crippen LogP contribution in [-0.2, 0) is 16.1 Å². The molecule has 0 saturated heterocycles. The molecule has 0 aliphatic carbocycles. The van der Waals surface area contributed by atoms with Gasteiger partial charge in [0.05, 0.1) is 6.42 Å². The third kappa shape index (κ3) is 6.29. The fourth-order valence-electron chi connectivity index (χ4n) is 1.70.